The van der Waals surface area contributed by atoms with Crippen LogP contribution in [0.1, 0.15) is 34.7 Å². The first-order valence-corrected chi connectivity index (χ1v) is 10.9. The van der Waals surface area contributed by atoms with Gasteiger partial charge in [-0.1, -0.05) is 36.0 Å². The van der Waals surface area contributed by atoms with Crippen molar-refractivity contribution < 1.29 is 18.7 Å². The molecule has 3 aromatic rings. The minimum absolute atomic E-state index is 0.0861. The number of para-hydroxylation sites is 1. The third-order valence-corrected chi connectivity index (χ3v) is 5.47. The average Bonchev–Trinajstić information content (AvgIpc) is 3.49. The number of benzene rings is 2. The first-order valence-electron chi connectivity index (χ1n) is 9.88. The van der Waals surface area contributed by atoms with Gasteiger partial charge in [-0.3, -0.25) is 9.59 Å². The van der Waals surface area contributed by atoms with Crippen molar-refractivity contribution in [3.8, 4) is 5.75 Å². The van der Waals surface area contributed by atoms with Crippen LogP contribution in [0.15, 0.2) is 58.2 Å². The Morgan fingerprint density at radius 2 is 1.90 bits per heavy atom. The summed E-state index contributed by atoms with van der Waals surface area (Å²) in [5.41, 5.74) is 1.95. The number of hydrogen-bond donors (Lipinski definition) is 2. The molecule has 9 heteroatoms. The molecule has 0 bridgehead atoms. The third-order valence-electron chi connectivity index (χ3n) is 4.65. The van der Waals surface area contributed by atoms with E-state index in [4.69, 9.17) is 9.15 Å². The SMILES string of the molecule is COc1ccc(Cc2nnc(SCC(=O)Nc3ccccc3C(=O)NC3CC3)o2)cc1. The van der Waals surface area contributed by atoms with Crippen LogP contribution in [0.25, 0.3) is 0 Å². The zero-order chi connectivity index (χ0) is 21.6. The van der Waals surface area contributed by atoms with Gasteiger partial charge >= 0.3 is 0 Å². The van der Waals surface area contributed by atoms with Gasteiger partial charge in [0.25, 0.3) is 11.1 Å². The number of ether oxygens (including phenoxy) is 1. The third kappa shape index (κ3) is 5.85. The monoisotopic (exact) mass is 438 g/mol. The summed E-state index contributed by atoms with van der Waals surface area (Å²) in [5, 5.41) is 14.1. The molecule has 1 aliphatic carbocycles. The minimum Gasteiger partial charge on any atom is -0.497 e. The van der Waals surface area contributed by atoms with Gasteiger partial charge in [-0.2, -0.15) is 0 Å². The molecule has 1 aliphatic rings. The molecule has 0 atom stereocenters. The molecule has 0 unspecified atom stereocenters. The number of carbonyl (C=O) groups excluding carboxylic acids is 2. The summed E-state index contributed by atoms with van der Waals surface area (Å²) < 4.78 is 10.8. The lowest BCUT2D eigenvalue weighted by molar-refractivity contribution is -0.113. The van der Waals surface area contributed by atoms with Crippen LogP contribution in [-0.4, -0.2) is 40.9 Å². The molecule has 2 N–H and O–H groups in total. The predicted octanol–water partition coefficient (Wildman–Crippen LogP) is 3.29. The highest BCUT2D eigenvalue weighted by atomic mass is 32.2. The van der Waals surface area contributed by atoms with E-state index in [-0.39, 0.29) is 23.6 Å². The molecule has 1 heterocycles. The van der Waals surface area contributed by atoms with Crippen LogP contribution in [0.4, 0.5) is 5.69 Å². The van der Waals surface area contributed by atoms with Gasteiger partial charge in [0, 0.05) is 6.04 Å². The van der Waals surface area contributed by atoms with E-state index in [9.17, 15) is 9.59 Å². The van der Waals surface area contributed by atoms with Crippen LogP contribution in [0.5, 0.6) is 5.75 Å². The molecular formula is C22H22N4O4S. The molecule has 1 fully saturated rings. The second-order valence-corrected chi connectivity index (χ2v) is 8.04. The Labute approximate surface area is 183 Å². The van der Waals surface area contributed by atoms with E-state index in [1.54, 1.807) is 31.4 Å². The van der Waals surface area contributed by atoms with Crippen LogP contribution in [0, 0.1) is 0 Å². The molecular weight excluding hydrogens is 416 g/mol. The summed E-state index contributed by atoms with van der Waals surface area (Å²) in [6.45, 7) is 0. The number of thioether (sulfide) groups is 1. The topological polar surface area (TPSA) is 106 Å². The van der Waals surface area contributed by atoms with Crippen molar-refractivity contribution in [1.82, 2.24) is 15.5 Å². The van der Waals surface area contributed by atoms with E-state index in [1.807, 2.05) is 24.3 Å². The van der Waals surface area contributed by atoms with Gasteiger partial charge in [0.15, 0.2) is 0 Å². The Bertz CT molecular complexity index is 1060. The van der Waals surface area contributed by atoms with Crippen LogP contribution >= 0.6 is 11.8 Å². The number of nitrogens with one attached hydrogen (secondary N) is 2. The number of nitrogens with zero attached hydrogens (tertiary/aromatic N) is 2. The van der Waals surface area contributed by atoms with Crippen molar-refractivity contribution in [3.05, 3.63) is 65.5 Å². The molecule has 0 aliphatic heterocycles. The predicted molar refractivity (Wildman–Crippen MR) is 116 cm³/mol. The zero-order valence-corrected chi connectivity index (χ0v) is 17.8. The highest BCUT2D eigenvalue weighted by molar-refractivity contribution is 7.99. The molecule has 160 valence electrons. The molecule has 2 aromatic carbocycles. The fourth-order valence-electron chi connectivity index (χ4n) is 2.88. The molecule has 31 heavy (non-hydrogen) atoms. The molecule has 0 radical (unpaired) electrons. The van der Waals surface area contributed by atoms with Gasteiger partial charge in [0.1, 0.15) is 5.75 Å². The van der Waals surface area contributed by atoms with Crippen LogP contribution in [0.2, 0.25) is 0 Å². The number of carbonyl (C=O) groups is 2. The van der Waals surface area contributed by atoms with Crippen molar-refractivity contribution in [2.45, 2.75) is 30.5 Å². The van der Waals surface area contributed by atoms with Crippen LogP contribution in [-0.2, 0) is 11.2 Å². The Kier molecular flexibility index (Phi) is 6.51. The average molecular weight is 439 g/mol. The quantitative estimate of drug-likeness (QED) is 0.494. The van der Waals surface area contributed by atoms with Crippen molar-refractivity contribution in [1.29, 1.82) is 0 Å². The van der Waals surface area contributed by atoms with E-state index in [0.717, 1.165) is 35.9 Å². The highest BCUT2D eigenvalue weighted by Crippen LogP contribution is 2.23. The second kappa shape index (κ2) is 9.65. The second-order valence-electron chi connectivity index (χ2n) is 7.12. The summed E-state index contributed by atoms with van der Waals surface area (Å²) in [6.07, 6.45) is 2.50. The molecule has 8 nitrogen and oxygen atoms in total. The Morgan fingerprint density at radius 3 is 2.65 bits per heavy atom. The Morgan fingerprint density at radius 1 is 1.13 bits per heavy atom. The van der Waals surface area contributed by atoms with Gasteiger partial charge in [-0.05, 0) is 42.7 Å². The van der Waals surface area contributed by atoms with Crippen LogP contribution < -0.4 is 15.4 Å². The normalized spacial score (nSPS) is 12.9. The van der Waals surface area contributed by atoms with Crippen LogP contribution in [0.3, 0.4) is 0 Å². The fourth-order valence-corrected chi connectivity index (χ4v) is 3.46. The van der Waals surface area contributed by atoms with E-state index < -0.39 is 0 Å². The molecule has 4 rings (SSSR count). The van der Waals surface area contributed by atoms with Gasteiger partial charge in [0.2, 0.25) is 11.8 Å². The van der Waals surface area contributed by atoms with Crippen molar-refractivity contribution >= 4 is 29.3 Å². The van der Waals surface area contributed by atoms with Gasteiger partial charge in [-0.25, -0.2) is 0 Å². The summed E-state index contributed by atoms with van der Waals surface area (Å²) in [4.78, 5) is 24.7. The van der Waals surface area contributed by atoms with E-state index in [1.165, 1.54) is 0 Å². The van der Waals surface area contributed by atoms with Gasteiger partial charge in [-0.15, -0.1) is 10.2 Å². The summed E-state index contributed by atoms with van der Waals surface area (Å²) >= 11 is 1.15. The lowest BCUT2D eigenvalue weighted by atomic mass is 10.1. The van der Waals surface area contributed by atoms with Crippen molar-refractivity contribution in [3.63, 3.8) is 0 Å². The van der Waals surface area contributed by atoms with E-state index >= 15 is 0 Å². The molecule has 1 aromatic heterocycles. The van der Waals surface area contributed by atoms with E-state index in [0.29, 0.717) is 28.8 Å². The summed E-state index contributed by atoms with van der Waals surface area (Å²) in [6, 6.07) is 14.8. The van der Waals surface area contributed by atoms with Crippen molar-refractivity contribution in [2.24, 2.45) is 0 Å². The number of rotatable bonds is 9. The van der Waals surface area contributed by atoms with Crippen molar-refractivity contribution in [2.75, 3.05) is 18.2 Å². The molecule has 1 saturated carbocycles. The molecule has 0 saturated heterocycles. The van der Waals surface area contributed by atoms with Gasteiger partial charge < -0.3 is 19.8 Å². The zero-order valence-electron chi connectivity index (χ0n) is 17.0. The number of anilines is 1. The number of aromatic nitrogens is 2. The fraction of sp³-hybridized carbons (Fsp3) is 0.273. The Hall–Kier alpha value is -3.33. The minimum atomic E-state index is -0.258. The lowest BCUT2D eigenvalue weighted by Gasteiger charge is -2.10. The lowest BCUT2D eigenvalue weighted by Crippen LogP contribution is -2.27. The maximum atomic E-state index is 12.4. The largest absolute Gasteiger partial charge is 0.497 e. The highest BCUT2D eigenvalue weighted by Gasteiger charge is 2.25. The smallest absolute Gasteiger partial charge is 0.277 e. The summed E-state index contributed by atoms with van der Waals surface area (Å²) in [7, 11) is 1.62. The first-order chi connectivity index (χ1) is 15.1. The molecule has 2 amide bonds. The number of amides is 2. The standard InChI is InChI=1S/C22H22N4O4S/c1-29-16-10-6-14(7-11-16)12-20-25-26-22(30-20)31-13-19(27)24-18-5-3-2-4-17(18)21(28)23-15-8-9-15/h2-7,10-11,15H,8-9,12-13H2,1H3,(H,23,28)(H,24,27). The maximum absolute atomic E-state index is 12.4. The van der Waals surface area contributed by atoms with E-state index in [2.05, 4.69) is 20.8 Å². The number of hydrogen-bond acceptors (Lipinski definition) is 7. The summed E-state index contributed by atoms with van der Waals surface area (Å²) in [5.74, 6) is 0.902. The molecule has 0 spiro atoms. The maximum Gasteiger partial charge on any atom is 0.277 e. The Balaban J connectivity index is 1.30. The first kappa shape index (κ1) is 20.9. The number of methoxy groups -OCH3 is 1. The van der Waals surface area contributed by atoms with Gasteiger partial charge in [0.05, 0.1) is 30.5 Å².